The van der Waals surface area contributed by atoms with Gasteiger partial charge in [-0.2, -0.15) is 22.3 Å². The number of nitrogens with zero attached hydrogens (tertiary/aromatic N) is 2. The Morgan fingerprint density at radius 2 is 1.63 bits per heavy atom. The number of methoxy groups -OCH3 is 1. The average Bonchev–Trinajstić information content (AvgIpc) is 2.94. The van der Waals surface area contributed by atoms with Gasteiger partial charge in [-0.15, -0.1) is 0 Å². The molecule has 0 N–H and O–H groups in total. The second kappa shape index (κ2) is 10.9. The Hall–Kier alpha value is -5.00. The summed E-state index contributed by atoms with van der Waals surface area (Å²) in [6.07, 6.45) is -2.76. The van der Waals surface area contributed by atoms with Crippen molar-refractivity contribution in [2.75, 3.05) is 7.11 Å². The summed E-state index contributed by atoms with van der Waals surface area (Å²) in [5.41, 5.74) is -1.04. The molecule has 0 radical (unpaired) electrons. The zero-order valence-corrected chi connectivity index (χ0v) is 21.0. The van der Waals surface area contributed by atoms with Crippen molar-refractivity contribution in [3.8, 4) is 34.3 Å². The summed E-state index contributed by atoms with van der Waals surface area (Å²) in [4.78, 5) is 4.39. The van der Waals surface area contributed by atoms with Crippen LogP contribution in [0.2, 0.25) is 0 Å². The highest BCUT2D eigenvalue weighted by Gasteiger charge is 2.36. The number of rotatable bonds is 7. The third-order valence-electron chi connectivity index (χ3n) is 6.01. The topological polar surface area (TPSA) is 67.5 Å². The van der Waals surface area contributed by atoms with Gasteiger partial charge in [0.2, 0.25) is 11.6 Å². The van der Waals surface area contributed by atoms with Crippen molar-refractivity contribution in [1.82, 2.24) is 4.98 Å². The molecule has 6 nitrogen and oxygen atoms in total. The maximum absolute atomic E-state index is 14.8. The van der Waals surface area contributed by atoms with E-state index in [-0.39, 0.29) is 34.5 Å². The molecule has 41 heavy (non-hydrogen) atoms. The minimum Gasteiger partial charge on any atom is -0.619 e. The highest BCUT2D eigenvalue weighted by Crippen LogP contribution is 2.44. The molecule has 2 heterocycles. The van der Waals surface area contributed by atoms with Crippen molar-refractivity contribution in [2.45, 2.75) is 12.8 Å². The summed E-state index contributed by atoms with van der Waals surface area (Å²) in [7, 11) is 1.01. The molecule has 0 saturated heterocycles. The lowest BCUT2D eigenvalue weighted by atomic mass is 10.0. The number of hydrogen-bond acceptors (Lipinski definition) is 5. The van der Waals surface area contributed by atoms with E-state index in [2.05, 4.69) is 4.98 Å². The van der Waals surface area contributed by atoms with Crippen LogP contribution in [0.15, 0.2) is 79.1 Å². The Morgan fingerprint density at radius 1 is 0.878 bits per heavy atom. The second-order valence-electron chi connectivity index (χ2n) is 8.70. The monoisotopic (exact) mass is 572 g/mol. The predicted molar refractivity (Wildman–Crippen MR) is 135 cm³/mol. The molecular weight excluding hydrogens is 554 g/mol. The first-order valence-electron chi connectivity index (χ1n) is 11.9. The average molecular weight is 572 g/mol. The predicted octanol–water partition coefficient (Wildman–Crippen LogP) is 7.35. The lowest BCUT2D eigenvalue weighted by Crippen LogP contribution is -2.24. The summed E-state index contributed by atoms with van der Waals surface area (Å²) < 4.78 is 101. The lowest BCUT2D eigenvalue weighted by molar-refractivity contribution is -0.603. The van der Waals surface area contributed by atoms with Gasteiger partial charge in [-0.05, 0) is 29.8 Å². The number of benzene rings is 3. The van der Waals surface area contributed by atoms with Crippen LogP contribution in [0.4, 0.5) is 26.3 Å². The molecule has 3 aromatic carbocycles. The maximum atomic E-state index is 14.8. The van der Waals surface area contributed by atoms with Crippen LogP contribution in [0.5, 0.6) is 23.0 Å². The Morgan fingerprint density at radius 3 is 2.34 bits per heavy atom. The van der Waals surface area contributed by atoms with Gasteiger partial charge < -0.3 is 19.4 Å². The summed E-state index contributed by atoms with van der Waals surface area (Å²) in [5, 5.41) is 12.3. The van der Waals surface area contributed by atoms with E-state index in [0.717, 1.165) is 24.9 Å². The van der Waals surface area contributed by atoms with Gasteiger partial charge in [-0.1, -0.05) is 30.3 Å². The molecule has 12 heteroatoms. The normalized spacial score (nSPS) is 11.5. The van der Waals surface area contributed by atoms with Crippen molar-refractivity contribution in [3.05, 3.63) is 113 Å². The number of ether oxygens (including phenoxy) is 3. The van der Waals surface area contributed by atoms with Crippen LogP contribution in [0.25, 0.3) is 22.2 Å². The largest absolute Gasteiger partial charge is 0.619 e. The number of alkyl halides is 3. The van der Waals surface area contributed by atoms with Crippen LogP contribution in [-0.4, -0.2) is 12.1 Å². The zero-order chi connectivity index (χ0) is 29.3. The molecular formula is C29H18F6N2O4. The molecule has 0 spiro atoms. The standard InChI is InChI=1S/C29H18F6N2O4/c1-39-28-24(8-7-20(30)27(28)32)41-26-12-19(29(33,34)35)21(31)11-17(26)23-13-25(40-15-16-5-3-2-4-6-16)18-14-37(38)10-9-22(18)36-23/h2-14H,15H2,1H3. The number of halogens is 6. The van der Waals surface area contributed by atoms with Crippen LogP contribution in [0.1, 0.15) is 11.1 Å². The first-order valence-corrected chi connectivity index (χ1v) is 11.9. The summed E-state index contributed by atoms with van der Waals surface area (Å²) in [6, 6.07) is 14.2. The van der Waals surface area contributed by atoms with Crippen LogP contribution in [0.3, 0.4) is 0 Å². The number of aromatic nitrogens is 2. The van der Waals surface area contributed by atoms with Crippen molar-refractivity contribution >= 4 is 10.9 Å². The molecule has 0 unspecified atom stereocenters. The molecule has 0 bridgehead atoms. The SMILES string of the molecule is COc1c(Oc2cc(C(F)(F)F)c(F)cc2-c2cc(OCc3ccccc3)c3c[n+]([O-])ccc3n2)ccc(F)c1F. The molecule has 5 aromatic rings. The Labute approximate surface area is 228 Å². The minimum absolute atomic E-state index is 0.0595. The molecule has 0 aliphatic heterocycles. The molecule has 0 saturated carbocycles. The van der Waals surface area contributed by atoms with Gasteiger partial charge >= 0.3 is 6.18 Å². The highest BCUT2D eigenvalue weighted by atomic mass is 19.4. The van der Waals surface area contributed by atoms with E-state index in [1.165, 1.54) is 18.3 Å². The minimum atomic E-state index is -5.11. The molecule has 5 rings (SSSR count). The third kappa shape index (κ3) is 5.67. The fourth-order valence-corrected chi connectivity index (χ4v) is 4.07. The molecule has 0 atom stereocenters. The second-order valence-corrected chi connectivity index (χ2v) is 8.70. The van der Waals surface area contributed by atoms with E-state index in [1.54, 1.807) is 24.3 Å². The zero-order valence-electron chi connectivity index (χ0n) is 21.0. The summed E-state index contributed by atoms with van der Waals surface area (Å²) in [6.45, 7) is 0.0595. The molecule has 0 aliphatic rings. The molecule has 0 amide bonds. The fraction of sp³-hybridized carbons (Fsp3) is 0.103. The fourth-order valence-electron chi connectivity index (χ4n) is 4.07. The Bertz CT molecular complexity index is 1750. The first-order chi connectivity index (χ1) is 19.5. The highest BCUT2D eigenvalue weighted by molar-refractivity contribution is 5.87. The molecule has 2 aromatic heterocycles. The first kappa shape index (κ1) is 27.6. The number of hydrogen-bond donors (Lipinski definition) is 0. The van der Waals surface area contributed by atoms with E-state index in [9.17, 15) is 31.5 Å². The summed E-state index contributed by atoms with van der Waals surface area (Å²) >= 11 is 0. The summed E-state index contributed by atoms with van der Waals surface area (Å²) in [5.74, 6) is -5.99. The Balaban J connectivity index is 1.69. The van der Waals surface area contributed by atoms with Crippen LogP contribution in [-0.2, 0) is 12.8 Å². The third-order valence-corrected chi connectivity index (χ3v) is 6.01. The lowest BCUT2D eigenvalue weighted by Gasteiger charge is -2.18. The van der Waals surface area contributed by atoms with Gasteiger partial charge in [-0.25, -0.2) is 13.8 Å². The number of fused-ring (bicyclic) bond motifs is 1. The van der Waals surface area contributed by atoms with Gasteiger partial charge in [0.05, 0.1) is 23.9 Å². The van der Waals surface area contributed by atoms with Gasteiger partial charge in [0.15, 0.2) is 24.0 Å². The van der Waals surface area contributed by atoms with E-state index in [0.29, 0.717) is 22.9 Å². The van der Waals surface area contributed by atoms with Crippen molar-refractivity contribution in [3.63, 3.8) is 0 Å². The molecule has 0 aliphatic carbocycles. The number of pyridine rings is 2. The van der Waals surface area contributed by atoms with E-state index in [1.807, 2.05) is 6.07 Å². The van der Waals surface area contributed by atoms with E-state index in [4.69, 9.17) is 14.2 Å². The Kier molecular flexibility index (Phi) is 7.31. The van der Waals surface area contributed by atoms with E-state index >= 15 is 0 Å². The van der Waals surface area contributed by atoms with Gasteiger partial charge in [-0.3, -0.25) is 0 Å². The van der Waals surface area contributed by atoms with Crippen molar-refractivity contribution < 1.29 is 45.3 Å². The van der Waals surface area contributed by atoms with Gasteiger partial charge in [0.25, 0.3) is 0 Å². The van der Waals surface area contributed by atoms with Crippen LogP contribution < -0.4 is 18.9 Å². The van der Waals surface area contributed by atoms with Crippen LogP contribution >= 0.6 is 0 Å². The molecule has 210 valence electrons. The maximum Gasteiger partial charge on any atom is 0.419 e. The smallest absolute Gasteiger partial charge is 0.419 e. The van der Waals surface area contributed by atoms with Crippen molar-refractivity contribution in [2.24, 2.45) is 0 Å². The molecule has 0 fully saturated rings. The van der Waals surface area contributed by atoms with Gasteiger partial charge in [0.1, 0.15) is 29.3 Å². The quantitative estimate of drug-likeness (QED) is 0.116. The van der Waals surface area contributed by atoms with E-state index < -0.39 is 46.4 Å². The van der Waals surface area contributed by atoms with Crippen LogP contribution in [0, 0.1) is 22.7 Å². The van der Waals surface area contributed by atoms with Crippen molar-refractivity contribution in [1.29, 1.82) is 0 Å². The van der Waals surface area contributed by atoms with Gasteiger partial charge in [0, 0.05) is 17.7 Å².